The molecule has 1 heterocycles. The summed E-state index contributed by atoms with van der Waals surface area (Å²) in [5.74, 6) is -0.759. The summed E-state index contributed by atoms with van der Waals surface area (Å²) in [6.45, 7) is 0. The number of carbonyl (C=O) groups is 1. The summed E-state index contributed by atoms with van der Waals surface area (Å²) in [5.41, 5.74) is 12.6. The fourth-order valence-electron chi connectivity index (χ4n) is 1.38. The van der Waals surface area contributed by atoms with Crippen LogP contribution >= 0.6 is 0 Å². The zero-order chi connectivity index (χ0) is 11.7. The number of carboxylic acids is 1. The van der Waals surface area contributed by atoms with Crippen LogP contribution in [0.4, 0.5) is 5.82 Å². The summed E-state index contributed by atoms with van der Waals surface area (Å²) >= 11 is 0. The van der Waals surface area contributed by atoms with Crippen LogP contribution in [0, 0.1) is 0 Å². The molecule has 0 saturated heterocycles. The minimum Gasteiger partial charge on any atom is -0.480 e. The Kier molecular flexibility index (Phi) is 2.41. The van der Waals surface area contributed by atoms with Crippen LogP contribution in [-0.2, 0) is 4.79 Å². The highest BCUT2D eigenvalue weighted by Gasteiger charge is 2.14. The molecule has 0 aliphatic heterocycles. The minimum absolute atomic E-state index is 0.322. The van der Waals surface area contributed by atoms with Crippen molar-refractivity contribution in [2.75, 3.05) is 5.73 Å². The molecule has 0 bridgehead atoms. The number of hydrogen-bond donors (Lipinski definition) is 3. The molecule has 0 radical (unpaired) electrons. The molecule has 1 unspecified atom stereocenters. The molecule has 1 aromatic heterocycles. The zero-order valence-corrected chi connectivity index (χ0v) is 8.29. The smallest absolute Gasteiger partial charge is 0.325 e. The molecule has 2 aromatic rings. The van der Waals surface area contributed by atoms with Crippen molar-refractivity contribution in [1.82, 2.24) is 9.97 Å². The SMILES string of the molecule is Nc1cnc2cc(C(N)C(=O)O)ccc2n1. The van der Waals surface area contributed by atoms with Gasteiger partial charge in [-0.05, 0) is 17.7 Å². The van der Waals surface area contributed by atoms with Crippen LogP contribution < -0.4 is 11.5 Å². The Labute approximate surface area is 90.9 Å². The number of hydrogen-bond acceptors (Lipinski definition) is 5. The summed E-state index contributed by atoms with van der Waals surface area (Å²) in [5, 5.41) is 8.77. The van der Waals surface area contributed by atoms with E-state index in [1.54, 1.807) is 18.2 Å². The number of anilines is 1. The maximum absolute atomic E-state index is 10.7. The number of nitrogens with zero attached hydrogens (tertiary/aromatic N) is 2. The van der Waals surface area contributed by atoms with Crippen molar-refractivity contribution in [2.24, 2.45) is 5.73 Å². The largest absolute Gasteiger partial charge is 0.480 e. The fourth-order valence-corrected chi connectivity index (χ4v) is 1.38. The molecule has 6 heteroatoms. The van der Waals surface area contributed by atoms with Crippen LogP contribution in [0.5, 0.6) is 0 Å². The highest BCUT2D eigenvalue weighted by atomic mass is 16.4. The second kappa shape index (κ2) is 3.74. The number of fused-ring (bicyclic) bond motifs is 1. The minimum atomic E-state index is -1.08. The lowest BCUT2D eigenvalue weighted by Gasteiger charge is -2.07. The summed E-state index contributed by atoms with van der Waals surface area (Å²) < 4.78 is 0. The van der Waals surface area contributed by atoms with Gasteiger partial charge in [-0.1, -0.05) is 6.07 Å². The third kappa shape index (κ3) is 1.78. The van der Waals surface area contributed by atoms with Crippen molar-refractivity contribution < 1.29 is 9.90 Å². The topological polar surface area (TPSA) is 115 Å². The van der Waals surface area contributed by atoms with Gasteiger partial charge in [0.1, 0.15) is 11.9 Å². The molecule has 1 aromatic carbocycles. The van der Waals surface area contributed by atoms with E-state index in [1.165, 1.54) is 6.20 Å². The van der Waals surface area contributed by atoms with E-state index in [2.05, 4.69) is 9.97 Å². The van der Waals surface area contributed by atoms with Gasteiger partial charge in [-0.25, -0.2) is 4.98 Å². The van der Waals surface area contributed by atoms with Gasteiger partial charge in [-0.15, -0.1) is 0 Å². The van der Waals surface area contributed by atoms with E-state index in [1.807, 2.05) is 0 Å². The number of nitrogens with two attached hydrogens (primary N) is 2. The van der Waals surface area contributed by atoms with E-state index in [-0.39, 0.29) is 0 Å². The Bertz CT molecular complexity index is 556. The van der Waals surface area contributed by atoms with Gasteiger partial charge in [-0.2, -0.15) is 0 Å². The summed E-state index contributed by atoms with van der Waals surface area (Å²) in [6, 6.07) is 3.80. The van der Waals surface area contributed by atoms with Crippen molar-refractivity contribution in [3.05, 3.63) is 30.0 Å². The number of nitrogen functional groups attached to an aromatic ring is 1. The molecule has 1 atom stereocenters. The molecule has 5 N–H and O–H groups in total. The van der Waals surface area contributed by atoms with Gasteiger partial charge in [-0.3, -0.25) is 9.78 Å². The Morgan fingerprint density at radius 2 is 2.12 bits per heavy atom. The van der Waals surface area contributed by atoms with Gasteiger partial charge < -0.3 is 16.6 Å². The van der Waals surface area contributed by atoms with Gasteiger partial charge in [0.2, 0.25) is 0 Å². The molecule has 82 valence electrons. The standard InChI is InChI=1S/C10H10N4O2/c11-8-4-13-7-3-5(9(12)10(15)16)1-2-6(7)14-8/h1-4,9H,12H2,(H2,11,14)(H,15,16). The molecule has 0 spiro atoms. The molecular formula is C10H10N4O2. The lowest BCUT2D eigenvalue weighted by molar-refractivity contribution is -0.138. The molecule has 0 aliphatic carbocycles. The van der Waals surface area contributed by atoms with Crippen LogP contribution in [0.2, 0.25) is 0 Å². The second-order valence-electron chi connectivity index (χ2n) is 3.36. The van der Waals surface area contributed by atoms with E-state index < -0.39 is 12.0 Å². The summed E-state index contributed by atoms with van der Waals surface area (Å²) in [4.78, 5) is 18.8. The first kappa shape index (κ1) is 10.3. The Morgan fingerprint density at radius 1 is 1.38 bits per heavy atom. The molecule has 6 nitrogen and oxygen atoms in total. The van der Waals surface area contributed by atoms with Crippen molar-refractivity contribution in [3.63, 3.8) is 0 Å². The first-order valence-corrected chi connectivity index (χ1v) is 4.58. The van der Waals surface area contributed by atoms with Gasteiger partial charge in [0, 0.05) is 0 Å². The quantitative estimate of drug-likeness (QED) is 0.667. The first-order valence-electron chi connectivity index (χ1n) is 4.58. The highest BCUT2D eigenvalue weighted by Crippen LogP contribution is 2.17. The second-order valence-corrected chi connectivity index (χ2v) is 3.36. The summed E-state index contributed by atoms with van der Waals surface area (Å²) in [7, 11) is 0. The monoisotopic (exact) mass is 218 g/mol. The van der Waals surface area contributed by atoms with Gasteiger partial charge >= 0.3 is 5.97 Å². The fraction of sp³-hybridized carbons (Fsp3) is 0.100. The van der Waals surface area contributed by atoms with Crippen LogP contribution in [0.25, 0.3) is 11.0 Å². The third-order valence-electron chi connectivity index (χ3n) is 2.21. The number of aromatic nitrogens is 2. The van der Waals surface area contributed by atoms with E-state index in [0.717, 1.165) is 0 Å². The number of aliphatic carboxylic acids is 1. The molecule has 0 saturated carbocycles. The van der Waals surface area contributed by atoms with Crippen LogP contribution in [0.3, 0.4) is 0 Å². The molecule has 0 amide bonds. The normalized spacial score (nSPS) is 12.6. The van der Waals surface area contributed by atoms with Crippen molar-refractivity contribution in [2.45, 2.75) is 6.04 Å². The average Bonchev–Trinajstić information content (AvgIpc) is 2.27. The average molecular weight is 218 g/mol. The van der Waals surface area contributed by atoms with Crippen LogP contribution in [-0.4, -0.2) is 21.0 Å². The number of carboxylic acid groups (broad SMARTS) is 1. The van der Waals surface area contributed by atoms with E-state index >= 15 is 0 Å². The molecule has 0 aliphatic rings. The Morgan fingerprint density at radius 3 is 2.81 bits per heavy atom. The maximum Gasteiger partial charge on any atom is 0.325 e. The van der Waals surface area contributed by atoms with Gasteiger partial charge in [0.05, 0.1) is 17.2 Å². The van der Waals surface area contributed by atoms with Gasteiger partial charge in [0.25, 0.3) is 0 Å². The Balaban J connectivity index is 2.52. The number of rotatable bonds is 2. The zero-order valence-electron chi connectivity index (χ0n) is 8.29. The first-order chi connectivity index (χ1) is 7.58. The van der Waals surface area contributed by atoms with Crippen LogP contribution in [0.15, 0.2) is 24.4 Å². The molecular weight excluding hydrogens is 208 g/mol. The molecule has 16 heavy (non-hydrogen) atoms. The lowest BCUT2D eigenvalue weighted by atomic mass is 10.1. The highest BCUT2D eigenvalue weighted by molar-refractivity contribution is 5.80. The predicted molar refractivity (Wildman–Crippen MR) is 58.5 cm³/mol. The number of benzene rings is 1. The van der Waals surface area contributed by atoms with Crippen molar-refractivity contribution in [1.29, 1.82) is 0 Å². The summed E-state index contributed by atoms with van der Waals surface area (Å²) in [6.07, 6.45) is 1.42. The van der Waals surface area contributed by atoms with Crippen molar-refractivity contribution >= 4 is 22.8 Å². The lowest BCUT2D eigenvalue weighted by Crippen LogP contribution is -2.20. The maximum atomic E-state index is 10.7. The molecule has 0 fully saturated rings. The molecule has 2 rings (SSSR count). The predicted octanol–water partition coefficient (Wildman–Crippen LogP) is 0.296. The van der Waals surface area contributed by atoms with E-state index in [0.29, 0.717) is 22.4 Å². The van der Waals surface area contributed by atoms with Gasteiger partial charge in [0.15, 0.2) is 0 Å². The van der Waals surface area contributed by atoms with E-state index in [4.69, 9.17) is 16.6 Å². The van der Waals surface area contributed by atoms with E-state index in [9.17, 15) is 4.79 Å². The Hall–Kier alpha value is -2.21. The van der Waals surface area contributed by atoms with Crippen molar-refractivity contribution in [3.8, 4) is 0 Å². The third-order valence-corrected chi connectivity index (χ3v) is 2.21. The van der Waals surface area contributed by atoms with Crippen LogP contribution in [0.1, 0.15) is 11.6 Å².